The molecule has 1 aromatic carbocycles. The van der Waals surface area contributed by atoms with Crippen LogP contribution in [0, 0.1) is 0 Å². The largest absolute Gasteiger partial charge is 0.480 e. The predicted octanol–water partition coefficient (Wildman–Crippen LogP) is 3.39. The van der Waals surface area contributed by atoms with Crippen LogP contribution in [0.3, 0.4) is 0 Å². The van der Waals surface area contributed by atoms with E-state index in [0.717, 1.165) is 6.07 Å². The topological polar surface area (TPSA) is 63.3 Å². The summed E-state index contributed by atoms with van der Waals surface area (Å²) in [5, 5.41) is 9.01. The van der Waals surface area contributed by atoms with Crippen LogP contribution in [0.25, 0.3) is 0 Å². The smallest absolute Gasteiger partial charge is 0.416 e. The molecule has 2 atom stereocenters. The van der Waals surface area contributed by atoms with Gasteiger partial charge in [-0.2, -0.15) is 13.2 Å². The molecule has 0 aliphatic heterocycles. The lowest BCUT2D eigenvalue weighted by Crippen LogP contribution is -2.46. The van der Waals surface area contributed by atoms with Crippen LogP contribution < -0.4 is 5.73 Å². The van der Waals surface area contributed by atoms with E-state index in [1.54, 1.807) is 6.92 Å². The third kappa shape index (κ3) is 3.72. The van der Waals surface area contributed by atoms with E-state index in [1.807, 2.05) is 0 Å². The van der Waals surface area contributed by atoms with Gasteiger partial charge in [-0.05, 0) is 37.3 Å². The Kier molecular flexibility index (Phi) is 4.81. The highest BCUT2D eigenvalue weighted by Crippen LogP contribution is 2.38. The average molecular weight is 289 g/mol. The van der Waals surface area contributed by atoms with Gasteiger partial charge < -0.3 is 10.8 Å². The van der Waals surface area contributed by atoms with Gasteiger partial charge in [0.2, 0.25) is 0 Å². The maximum absolute atomic E-state index is 13.0. The predicted molar refractivity (Wildman–Crippen MR) is 69.3 cm³/mol. The SMILES string of the molecule is CCC(CC(C)(N)C(=O)O)c1ccccc1C(F)(F)F. The molecule has 6 heteroatoms. The van der Waals surface area contributed by atoms with Crippen LogP contribution in [0.5, 0.6) is 0 Å². The van der Waals surface area contributed by atoms with Gasteiger partial charge in [0.25, 0.3) is 0 Å². The summed E-state index contributed by atoms with van der Waals surface area (Å²) in [5.74, 6) is -1.78. The zero-order valence-corrected chi connectivity index (χ0v) is 11.4. The Morgan fingerprint density at radius 3 is 2.35 bits per heavy atom. The molecule has 0 bridgehead atoms. The first-order valence-electron chi connectivity index (χ1n) is 6.28. The summed E-state index contributed by atoms with van der Waals surface area (Å²) < 4.78 is 39.0. The molecule has 0 aromatic heterocycles. The van der Waals surface area contributed by atoms with E-state index in [4.69, 9.17) is 10.8 Å². The van der Waals surface area contributed by atoms with Crippen molar-refractivity contribution in [3.8, 4) is 0 Å². The molecule has 0 amide bonds. The van der Waals surface area contributed by atoms with Crippen molar-refractivity contribution in [2.24, 2.45) is 5.73 Å². The van der Waals surface area contributed by atoms with Crippen LogP contribution in [-0.4, -0.2) is 16.6 Å². The van der Waals surface area contributed by atoms with E-state index >= 15 is 0 Å². The number of hydrogen-bond acceptors (Lipinski definition) is 2. The molecule has 0 spiro atoms. The Bertz CT molecular complexity index is 484. The highest BCUT2D eigenvalue weighted by Gasteiger charge is 2.37. The Hall–Kier alpha value is -1.56. The van der Waals surface area contributed by atoms with Crippen LogP contribution in [0.2, 0.25) is 0 Å². The summed E-state index contributed by atoms with van der Waals surface area (Å²) >= 11 is 0. The molecule has 3 nitrogen and oxygen atoms in total. The fraction of sp³-hybridized carbons (Fsp3) is 0.500. The van der Waals surface area contributed by atoms with Crippen molar-refractivity contribution in [3.63, 3.8) is 0 Å². The molecule has 0 aliphatic rings. The van der Waals surface area contributed by atoms with Crippen LogP contribution in [0.1, 0.15) is 43.7 Å². The zero-order chi connectivity index (χ0) is 15.6. The van der Waals surface area contributed by atoms with Gasteiger partial charge in [0, 0.05) is 0 Å². The van der Waals surface area contributed by atoms with Crippen molar-refractivity contribution in [1.29, 1.82) is 0 Å². The summed E-state index contributed by atoms with van der Waals surface area (Å²) in [5.41, 5.74) is 3.46. The quantitative estimate of drug-likeness (QED) is 0.873. The molecular formula is C14H18F3NO2. The summed E-state index contributed by atoms with van der Waals surface area (Å²) in [4.78, 5) is 11.0. The number of carbonyl (C=O) groups is 1. The lowest BCUT2D eigenvalue weighted by atomic mass is 9.82. The molecule has 20 heavy (non-hydrogen) atoms. The highest BCUT2D eigenvalue weighted by molar-refractivity contribution is 5.78. The van der Waals surface area contributed by atoms with E-state index in [1.165, 1.54) is 25.1 Å². The minimum Gasteiger partial charge on any atom is -0.480 e. The summed E-state index contributed by atoms with van der Waals surface area (Å²) in [6.45, 7) is 3.03. The maximum Gasteiger partial charge on any atom is 0.416 e. The van der Waals surface area contributed by atoms with E-state index in [9.17, 15) is 18.0 Å². The standard InChI is InChI=1S/C14H18F3NO2/c1-3-9(8-13(2,18)12(19)20)10-6-4-5-7-11(10)14(15,16)17/h4-7,9H,3,8,18H2,1-2H3,(H,19,20). The molecule has 0 saturated carbocycles. The van der Waals surface area contributed by atoms with Gasteiger partial charge in [0.05, 0.1) is 5.56 Å². The molecule has 1 aromatic rings. The molecule has 0 aliphatic carbocycles. The van der Waals surface area contributed by atoms with Crippen LogP contribution in [0.15, 0.2) is 24.3 Å². The van der Waals surface area contributed by atoms with Crippen molar-refractivity contribution in [3.05, 3.63) is 35.4 Å². The molecule has 0 saturated heterocycles. The second kappa shape index (κ2) is 5.83. The molecule has 0 radical (unpaired) electrons. The summed E-state index contributed by atoms with van der Waals surface area (Å²) in [6.07, 6.45) is -4.13. The van der Waals surface area contributed by atoms with Crippen LogP contribution >= 0.6 is 0 Å². The van der Waals surface area contributed by atoms with Gasteiger partial charge in [-0.3, -0.25) is 4.79 Å². The number of alkyl halides is 3. The lowest BCUT2D eigenvalue weighted by Gasteiger charge is -2.27. The first-order valence-corrected chi connectivity index (χ1v) is 6.28. The van der Waals surface area contributed by atoms with Gasteiger partial charge >= 0.3 is 12.1 Å². The number of halogens is 3. The van der Waals surface area contributed by atoms with Crippen molar-refractivity contribution in [1.82, 2.24) is 0 Å². The Labute approximate surface area is 115 Å². The van der Waals surface area contributed by atoms with Gasteiger partial charge in [-0.25, -0.2) is 0 Å². The number of nitrogens with two attached hydrogens (primary N) is 1. The monoisotopic (exact) mass is 289 g/mol. The summed E-state index contributed by atoms with van der Waals surface area (Å²) in [6, 6.07) is 5.22. The zero-order valence-electron chi connectivity index (χ0n) is 11.4. The average Bonchev–Trinajstić information content (AvgIpc) is 2.34. The minimum absolute atomic E-state index is 0.0497. The third-order valence-corrected chi connectivity index (χ3v) is 3.36. The number of carboxylic acid groups (broad SMARTS) is 1. The molecule has 0 heterocycles. The molecule has 2 unspecified atom stereocenters. The van der Waals surface area contributed by atoms with Crippen LogP contribution in [0.4, 0.5) is 13.2 Å². The van der Waals surface area contributed by atoms with E-state index < -0.39 is 29.2 Å². The number of benzene rings is 1. The Morgan fingerprint density at radius 1 is 1.35 bits per heavy atom. The fourth-order valence-corrected chi connectivity index (χ4v) is 2.18. The normalized spacial score (nSPS) is 16.5. The van der Waals surface area contributed by atoms with Crippen LogP contribution in [-0.2, 0) is 11.0 Å². The molecule has 0 fully saturated rings. The second-order valence-electron chi connectivity index (χ2n) is 5.12. The lowest BCUT2D eigenvalue weighted by molar-refractivity contribution is -0.143. The first kappa shape index (κ1) is 16.5. The van der Waals surface area contributed by atoms with E-state index in [0.29, 0.717) is 6.42 Å². The maximum atomic E-state index is 13.0. The van der Waals surface area contributed by atoms with E-state index in [-0.39, 0.29) is 12.0 Å². The van der Waals surface area contributed by atoms with Gasteiger partial charge in [0.1, 0.15) is 5.54 Å². The van der Waals surface area contributed by atoms with Gasteiger partial charge in [0.15, 0.2) is 0 Å². The summed E-state index contributed by atoms with van der Waals surface area (Å²) in [7, 11) is 0. The fourth-order valence-electron chi connectivity index (χ4n) is 2.18. The first-order chi connectivity index (χ1) is 9.09. The number of hydrogen-bond donors (Lipinski definition) is 2. The van der Waals surface area contributed by atoms with Gasteiger partial charge in [-0.1, -0.05) is 25.1 Å². The molecule has 1 rings (SSSR count). The third-order valence-electron chi connectivity index (χ3n) is 3.36. The molecule has 3 N–H and O–H groups in total. The van der Waals surface area contributed by atoms with Crippen molar-refractivity contribution >= 4 is 5.97 Å². The highest BCUT2D eigenvalue weighted by atomic mass is 19.4. The minimum atomic E-state index is -4.46. The number of rotatable bonds is 5. The number of carboxylic acids is 1. The van der Waals surface area contributed by atoms with Crippen molar-refractivity contribution < 1.29 is 23.1 Å². The van der Waals surface area contributed by atoms with Crippen molar-refractivity contribution in [2.45, 2.75) is 44.3 Å². The molecular weight excluding hydrogens is 271 g/mol. The second-order valence-corrected chi connectivity index (χ2v) is 5.12. The number of aliphatic carboxylic acids is 1. The molecule has 112 valence electrons. The Balaban J connectivity index is 3.17. The van der Waals surface area contributed by atoms with Gasteiger partial charge in [-0.15, -0.1) is 0 Å². The Morgan fingerprint density at radius 2 is 1.90 bits per heavy atom. The van der Waals surface area contributed by atoms with E-state index in [2.05, 4.69) is 0 Å². The van der Waals surface area contributed by atoms with Crippen molar-refractivity contribution in [2.75, 3.05) is 0 Å².